The van der Waals surface area contributed by atoms with Gasteiger partial charge in [-0.2, -0.15) is 0 Å². The van der Waals surface area contributed by atoms with Gasteiger partial charge >= 0.3 is 0 Å². The molecule has 0 aromatic rings. The second-order valence-electron chi connectivity index (χ2n) is 4.55. The highest BCUT2D eigenvalue weighted by Gasteiger charge is 2.36. The minimum absolute atomic E-state index is 0.325. The average molecular weight is 208 g/mol. The van der Waals surface area contributed by atoms with Gasteiger partial charge in [-0.1, -0.05) is 20.8 Å². The Bertz CT molecular complexity index is 163. The Kier molecular flexibility index (Phi) is 4.97. The molecule has 5 heteroatoms. The third kappa shape index (κ3) is 3.51. The second kappa shape index (κ2) is 5.04. The highest BCUT2D eigenvalue weighted by Crippen LogP contribution is 2.30. The van der Waals surface area contributed by atoms with Gasteiger partial charge in [-0.15, -0.1) is 0 Å². The summed E-state index contributed by atoms with van der Waals surface area (Å²) in [6.07, 6.45) is -5.02. The molecule has 14 heavy (non-hydrogen) atoms. The van der Waals surface area contributed by atoms with Gasteiger partial charge in [-0.25, -0.2) is 0 Å². The van der Waals surface area contributed by atoms with Crippen molar-refractivity contribution >= 4 is 0 Å². The zero-order valence-electron chi connectivity index (χ0n) is 8.75. The van der Waals surface area contributed by atoms with E-state index in [-0.39, 0.29) is 6.61 Å². The lowest BCUT2D eigenvalue weighted by Gasteiger charge is -2.35. The summed E-state index contributed by atoms with van der Waals surface area (Å²) in [4.78, 5) is 0. The van der Waals surface area contributed by atoms with Crippen LogP contribution >= 0.6 is 0 Å². The van der Waals surface area contributed by atoms with Crippen LogP contribution in [0.1, 0.15) is 20.8 Å². The van der Waals surface area contributed by atoms with Crippen molar-refractivity contribution in [3.63, 3.8) is 0 Å². The van der Waals surface area contributed by atoms with E-state index in [1.807, 2.05) is 0 Å². The first kappa shape index (κ1) is 13.8. The molecule has 0 fully saturated rings. The molecule has 0 spiro atoms. The van der Waals surface area contributed by atoms with E-state index in [9.17, 15) is 10.2 Å². The Hall–Kier alpha value is -0.200. The maximum atomic E-state index is 9.55. The summed E-state index contributed by atoms with van der Waals surface area (Å²) < 4.78 is 0. The molecular weight excluding hydrogens is 188 g/mol. The fraction of sp³-hybridized carbons (Fsp3) is 1.00. The van der Waals surface area contributed by atoms with Crippen molar-refractivity contribution in [1.82, 2.24) is 0 Å². The summed E-state index contributed by atoms with van der Waals surface area (Å²) in [5.41, 5.74) is -0.427. The number of hydrogen-bond acceptors (Lipinski definition) is 5. The van der Waals surface area contributed by atoms with Crippen LogP contribution in [0.4, 0.5) is 0 Å². The third-order valence-corrected chi connectivity index (χ3v) is 2.38. The SMILES string of the molecule is CC(C)(C)C(CO)[C@@H](O)[C@H](O)C(O)O. The van der Waals surface area contributed by atoms with Gasteiger partial charge in [0.25, 0.3) is 0 Å². The number of hydrogen-bond donors (Lipinski definition) is 5. The first-order valence-electron chi connectivity index (χ1n) is 4.55. The topological polar surface area (TPSA) is 101 Å². The molecule has 0 aromatic heterocycles. The van der Waals surface area contributed by atoms with Crippen molar-refractivity contribution in [2.45, 2.75) is 39.3 Å². The van der Waals surface area contributed by atoms with Crippen LogP contribution in [0.15, 0.2) is 0 Å². The monoisotopic (exact) mass is 208 g/mol. The quantitative estimate of drug-likeness (QED) is 0.369. The van der Waals surface area contributed by atoms with Crippen LogP contribution in [0.25, 0.3) is 0 Å². The summed E-state index contributed by atoms with van der Waals surface area (Å²) in [6, 6.07) is 0. The summed E-state index contributed by atoms with van der Waals surface area (Å²) in [5.74, 6) is -0.612. The molecule has 0 radical (unpaired) electrons. The molecule has 0 saturated carbocycles. The molecule has 3 atom stereocenters. The maximum absolute atomic E-state index is 9.55. The predicted octanol–water partition coefficient (Wildman–Crippen LogP) is -1.33. The molecule has 5 N–H and O–H groups in total. The number of aliphatic hydroxyl groups excluding tert-OH is 4. The van der Waals surface area contributed by atoms with E-state index in [4.69, 9.17) is 15.3 Å². The fourth-order valence-corrected chi connectivity index (χ4v) is 1.31. The van der Waals surface area contributed by atoms with Gasteiger partial charge in [0, 0.05) is 12.5 Å². The van der Waals surface area contributed by atoms with Gasteiger partial charge in [0.1, 0.15) is 6.10 Å². The molecule has 0 rings (SSSR count). The van der Waals surface area contributed by atoms with E-state index in [0.717, 1.165) is 0 Å². The van der Waals surface area contributed by atoms with E-state index in [1.54, 1.807) is 20.8 Å². The van der Waals surface area contributed by atoms with Gasteiger partial charge in [-0.05, 0) is 5.41 Å². The minimum Gasteiger partial charge on any atom is -0.396 e. The van der Waals surface area contributed by atoms with Crippen molar-refractivity contribution in [3.05, 3.63) is 0 Å². The number of aliphatic hydroxyl groups is 5. The largest absolute Gasteiger partial charge is 0.396 e. The highest BCUT2D eigenvalue weighted by atomic mass is 16.5. The smallest absolute Gasteiger partial charge is 0.180 e. The molecule has 0 aliphatic carbocycles. The summed E-state index contributed by atoms with van der Waals surface area (Å²) in [7, 11) is 0. The lowest BCUT2D eigenvalue weighted by Crippen LogP contribution is -2.47. The first-order valence-corrected chi connectivity index (χ1v) is 4.55. The molecule has 0 aliphatic heterocycles. The molecule has 86 valence electrons. The molecule has 1 unspecified atom stereocenters. The van der Waals surface area contributed by atoms with Crippen LogP contribution < -0.4 is 0 Å². The van der Waals surface area contributed by atoms with Crippen molar-refractivity contribution in [2.24, 2.45) is 11.3 Å². The van der Waals surface area contributed by atoms with Gasteiger partial charge < -0.3 is 25.5 Å². The molecule has 0 heterocycles. The van der Waals surface area contributed by atoms with Crippen LogP contribution in [0.3, 0.4) is 0 Å². The Balaban J connectivity index is 4.54. The number of rotatable bonds is 4. The fourth-order valence-electron chi connectivity index (χ4n) is 1.31. The van der Waals surface area contributed by atoms with E-state index in [2.05, 4.69) is 0 Å². The van der Waals surface area contributed by atoms with E-state index < -0.39 is 29.8 Å². The van der Waals surface area contributed by atoms with Crippen LogP contribution in [0.5, 0.6) is 0 Å². The van der Waals surface area contributed by atoms with Crippen molar-refractivity contribution in [2.75, 3.05) is 6.61 Å². The Morgan fingerprint density at radius 2 is 1.36 bits per heavy atom. The summed E-state index contributed by atoms with van der Waals surface area (Å²) >= 11 is 0. The Morgan fingerprint density at radius 3 is 1.57 bits per heavy atom. The van der Waals surface area contributed by atoms with Crippen LogP contribution in [0.2, 0.25) is 0 Å². The Morgan fingerprint density at radius 1 is 0.929 bits per heavy atom. The van der Waals surface area contributed by atoms with E-state index in [0.29, 0.717) is 0 Å². The maximum Gasteiger partial charge on any atom is 0.180 e. The van der Waals surface area contributed by atoms with Crippen molar-refractivity contribution < 1.29 is 25.5 Å². The lowest BCUT2D eigenvalue weighted by molar-refractivity contribution is -0.178. The molecular formula is C9H20O5. The zero-order valence-corrected chi connectivity index (χ0v) is 8.75. The van der Waals surface area contributed by atoms with Gasteiger partial charge in [-0.3, -0.25) is 0 Å². The molecule has 0 aromatic carbocycles. The lowest BCUT2D eigenvalue weighted by atomic mass is 9.76. The second-order valence-corrected chi connectivity index (χ2v) is 4.55. The van der Waals surface area contributed by atoms with E-state index in [1.165, 1.54) is 0 Å². The van der Waals surface area contributed by atoms with Crippen molar-refractivity contribution in [3.8, 4) is 0 Å². The van der Waals surface area contributed by atoms with Crippen LogP contribution in [0, 0.1) is 11.3 Å². The standard InChI is InChI=1S/C9H20O5/c1-9(2,3)5(4-10)6(11)7(12)8(13)14/h5-8,10-14H,4H2,1-3H3/t5?,6-,7+/m1/s1. The Labute approximate surface area is 83.6 Å². The highest BCUT2D eigenvalue weighted by molar-refractivity contribution is 4.84. The van der Waals surface area contributed by atoms with Crippen molar-refractivity contribution in [1.29, 1.82) is 0 Å². The minimum atomic E-state index is -2.00. The van der Waals surface area contributed by atoms with Gasteiger partial charge in [0.15, 0.2) is 6.29 Å². The third-order valence-electron chi connectivity index (χ3n) is 2.38. The van der Waals surface area contributed by atoms with Gasteiger partial charge in [0.05, 0.1) is 6.10 Å². The van der Waals surface area contributed by atoms with Crippen LogP contribution in [-0.2, 0) is 0 Å². The molecule has 0 amide bonds. The molecule has 0 saturated heterocycles. The normalized spacial score (nSPS) is 19.5. The van der Waals surface area contributed by atoms with E-state index >= 15 is 0 Å². The molecule has 0 aliphatic rings. The first-order chi connectivity index (χ1) is 6.21. The predicted molar refractivity (Wildman–Crippen MR) is 50.3 cm³/mol. The molecule has 0 bridgehead atoms. The summed E-state index contributed by atoms with van der Waals surface area (Å²) in [5, 5.41) is 45.1. The van der Waals surface area contributed by atoms with Gasteiger partial charge in [0.2, 0.25) is 0 Å². The van der Waals surface area contributed by atoms with Crippen LogP contribution in [-0.4, -0.2) is 50.6 Å². The molecule has 5 nitrogen and oxygen atoms in total. The zero-order chi connectivity index (χ0) is 11.5. The summed E-state index contributed by atoms with van der Waals surface area (Å²) in [6.45, 7) is 5.03. The average Bonchev–Trinajstić information content (AvgIpc) is 2.01.